The molecule has 0 aromatic heterocycles. The molecule has 1 aliphatic heterocycles. The molecule has 1 N–H and O–H groups in total. The molecule has 0 radical (unpaired) electrons. The number of aryl methyl sites for hydroxylation is 2. The van der Waals surface area contributed by atoms with Crippen molar-refractivity contribution in [1.82, 2.24) is 0 Å². The van der Waals surface area contributed by atoms with Crippen LogP contribution in [0.25, 0.3) is 0 Å². The molecule has 1 aromatic carbocycles. The zero-order valence-electron chi connectivity index (χ0n) is 12.3. The number of aliphatic hydroxyl groups is 1. The maximum absolute atomic E-state index is 12.2. The largest absolute Gasteiger partial charge is 0.465 e. The van der Waals surface area contributed by atoms with Crippen LogP contribution in [0.4, 0.5) is 0 Å². The van der Waals surface area contributed by atoms with Gasteiger partial charge < -0.3 is 9.84 Å². The van der Waals surface area contributed by atoms with Gasteiger partial charge in [0.1, 0.15) is 0 Å². The number of carbonyl (C=O) groups is 1. The molecule has 1 aromatic rings. The standard InChI is InChI=1S/C14H18O3S.CH5P/c1-3-17-13(16)14(9-15)12-5-4-10(2)8-11(12)6-7-18-14;1-2/h4-5,8,15H,3,6-7,9H2,1-2H3;2H2,1H3. The van der Waals surface area contributed by atoms with Gasteiger partial charge in [-0.3, -0.25) is 4.79 Å². The van der Waals surface area contributed by atoms with Crippen molar-refractivity contribution < 1.29 is 14.6 Å². The summed E-state index contributed by atoms with van der Waals surface area (Å²) in [5.41, 5.74) is 3.23. The zero-order valence-corrected chi connectivity index (χ0v) is 14.3. The molecule has 2 atom stereocenters. The molecule has 2 rings (SSSR count). The zero-order chi connectivity index (χ0) is 15.2. The van der Waals surface area contributed by atoms with Crippen LogP contribution in [0.3, 0.4) is 0 Å². The van der Waals surface area contributed by atoms with Gasteiger partial charge in [0.25, 0.3) is 0 Å². The Morgan fingerprint density at radius 2 is 2.20 bits per heavy atom. The number of aliphatic hydroxyl groups excluding tert-OH is 1. The summed E-state index contributed by atoms with van der Waals surface area (Å²) in [6.45, 7) is 5.86. The SMILES string of the molecule is CCOC(=O)C1(CO)SCCc2cc(C)ccc21.CP. The maximum Gasteiger partial charge on any atom is 0.329 e. The predicted octanol–water partition coefficient (Wildman–Crippen LogP) is 2.53. The van der Waals surface area contributed by atoms with E-state index in [4.69, 9.17) is 4.74 Å². The van der Waals surface area contributed by atoms with Crippen molar-refractivity contribution in [3.8, 4) is 0 Å². The van der Waals surface area contributed by atoms with Crippen molar-refractivity contribution in [2.24, 2.45) is 0 Å². The molecule has 0 saturated carbocycles. The van der Waals surface area contributed by atoms with Gasteiger partial charge in [-0.1, -0.05) is 30.4 Å². The molecule has 0 spiro atoms. The lowest BCUT2D eigenvalue weighted by Gasteiger charge is -2.34. The summed E-state index contributed by atoms with van der Waals surface area (Å²) in [6.07, 6.45) is 0.933. The van der Waals surface area contributed by atoms with E-state index in [2.05, 4.69) is 15.3 Å². The van der Waals surface area contributed by atoms with Crippen LogP contribution in [0.2, 0.25) is 0 Å². The lowest BCUT2D eigenvalue weighted by molar-refractivity contribution is -0.147. The fraction of sp³-hybridized carbons (Fsp3) is 0.533. The molecule has 0 saturated heterocycles. The Kier molecular flexibility index (Phi) is 7.01. The van der Waals surface area contributed by atoms with Gasteiger partial charge in [-0.15, -0.1) is 21.0 Å². The van der Waals surface area contributed by atoms with Crippen molar-refractivity contribution >= 4 is 27.0 Å². The van der Waals surface area contributed by atoms with E-state index < -0.39 is 4.75 Å². The van der Waals surface area contributed by atoms with Gasteiger partial charge in [0.15, 0.2) is 4.75 Å². The molecule has 5 heteroatoms. The number of fused-ring (bicyclic) bond motifs is 1. The summed E-state index contributed by atoms with van der Waals surface area (Å²) in [5.74, 6) is 0.498. The number of esters is 1. The Morgan fingerprint density at radius 3 is 2.80 bits per heavy atom. The third kappa shape index (κ3) is 3.36. The molecule has 20 heavy (non-hydrogen) atoms. The monoisotopic (exact) mass is 314 g/mol. The molecule has 112 valence electrons. The van der Waals surface area contributed by atoms with Crippen LogP contribution < -0.4 is 0 Å². The number of hydrogen-bond donors (Lipinski definition) is 1. The Balaban J connectivity index is 0.000000956. The van der Waals surface area contributed by atoms with E-state index in [0.29, 0.717) is 6.61 Å². The van der Waals surface area contributed by atoms with Crippen molar-refractivity contribution in [3.05, 3.63) is 34.9 Å². The molecule has 1 aliphatic rings. The van der Waals surface area contributed by atoms with Crippen LogP contribution in [0, 0.1) is 6.92 Å². The van der Waals surface area contributed by atoms with Gasteiger partial charge in [0, 0.05) is 0 Å². The average Bonchev–Trinajstić information content (AvgIpc) is 2.48. The van der Waals surface area contributed by atoms with Crippen LogP contribution in [0.5, 0.6) is 0 Å². The summed E-state index contributed by atoms with van der Waals surface area (Å²) in [6, 6.07) is 6.02. The first-order valence-corrected chi connectivity index (χ1v) is 8.88. The van der Waals surface area contributed by atoms with E-state index in [1.165, 1.54) is 17.3 Å². The number of rotatable bonds is 3. The number of carbonyl (C=O) groups excluding carboxylic acids is 1. The van der Waals surface area contributed by atoms with Crippen molar-refractivity contribution in [2.45, 2.75) is 25.0 Å². The normalized spacial score (nSPS) is 20.4. The number of ether oxygens (including phenoxy) is 1. The second kappa shape index (κ2) is 8.02. The van der Waals surface area contributed by atoms with Gasteiger partial charge in [-0.25, -0.2) is 0 Å². The molecule has 2 unspecified atom stereocenters. The molecule has 3 nitrogen and oxygen atoms in total. The van der Waals surface area contributed by atoms with E-state index in [1.54, 1.807) is 6.92 Å². The third-order valence-electron chi connectivity index (χ3n) is 3.24. The highest BCUT2D eigenvalue weighted by atomic mass is 32.2. The van der Waals surface area contributed by atoms with Crippen LogP contribution >= 0.6 is 21.0 Å². The number of thioether (sulfide) groups is 1. The van der Waals surface area contributed by atoms with Crippen LogP contribution in [-0.4, -0.2) is 36.7 Å². The maximum atomic E-state index is 12.2. The van der Waals surface area contributed by atoms with Crippen molar-refractivity contribution in [1.29, 1.82) is 0 Å². The summed E-state index contributed by atoms with van der Waals surface area (Å²) in [4.78, 5) is 12.2. The first-order valence-electron chi connectivity index (χ1n) is 6.74. The first-order chi connectivity index (χ1) is 9.64. The van der Waals surface area contributed by atoms with E-state index in [9.17, 15) is 9.90 Å². The van der Waals surface area contributed by atoms with E-state index >= 15 is 0 Å². The van der Waals surface area contributed by atoms with Gasteiger partial charge in [0.2, 0.25) is 0 Å². The molecule has 0 bridgehead atoms. The van der Waals surface area contributed by atoms with Crippen LogP contribution in [-0.2, 0) is 20.7 Å². The van der Waals surface area contributed by atoms with Crippen LogP contribution in [0.15, 0.2) is 18.2 Å². The highest BCUT2D eigenvalue weighted by Gasteiger charge is 2.45. The van der Waals surface area contributed by atoms with Gasteiger partial charge in [-0.2, -0.15) is 0 Å². The second-order valence-corrected chi connectivity index (χ2v) is 5.86. The van der Waals surface area contributed by atoms with Crippen LogP contribution in [0.1, 0.15) is 23.6 Å². The van der Waals surface area contributed by atoms with E-state index in [1.807, 2.05) is 25.7 Å². The summed E-state index contributed by atoms with van der Waals surface area (Å²) in [5, 5.41) is 9.73. The lowest BCUT2D eigenvalue weighted by atomic mass is 9.90. The Labute approximate surface area is 127 Å². The van der Waals surface area contributed by atoms with Gasteiger partial charge in [0.05, 0.1) is 13.2 Å². The minimum atomic E-state index is -0.933. The quantitative estimate of drug-likeness (QED) is 0.688. The summed E-state index contributed by atoms with van der Waals surface area (Å²) in [7, 11) is 2.42. The number of hydrogen-bond acceptors (Lipinski definition) is 4. The Bertz CT molecular complexity index is 464. The summed E-state index contributed by atoms with van der Waals surface area (Å²) < 4.78 is 4.21. The van der Waals surface area contributed by atoms with Crippen molar-refractivity contribution in [2.75, 3.05) is 25.6 Å². The molecule has 0 aliphatic carbocycles. The first kappa shape index (κ1) is 17.5. The topological polar surface area (TPSA) is 46.5 Å². The van der Waals surface area contributed by atoms with E-state index in [-0.39, 0.29) is 12.6 Å². The third-order valence-corrected chi connectivity index (χ3v) is 4.66. The van der Waals surface area contributed by atoms with Crippen molar-refractivity contribution in [3.63, 3.8) is 0 Å². The smallest absolute Gasteiger partial charge is 0.329 e. The average molecular weight is 314 g/mol. The minimum Gasteiger partial charge on any atom is -0.465 e. The fourth-order valence-corrected chi connectivity index (χ4v) is 3.64. The highest BCUT2D eigenvalue weighted by molar-refractivity contribution is 8.01. The lowest BCUT2D eigenvalue weighted by Crippen LogP contribution is -2.41. The number of benzene rings is 1. The van der Waals surface area contributed by atoms with Gasteiger partial charge >= 0.3 is 5.97 Å². The second-order valence-electron chi connectivity index (χ2n) is 4.46. The minimum absolute atomic E-state index is 0.216. The molecular formula is C15H23O3PS. The predicted molar refractivity (Wildman–Crippen MR) is 88.4 cm³/mol. The fourth-order valence-electron chi connectivity index (χ4n) is 2.35. The molecule has 0 fully saturated rings. The molecular weight excluding hydrogens is 291 g/mol. The molecule has 1 heterocycles. The summed E-state index contributed by atoms with van der Waals surface area (Å²) >= 11 is 1.48. The molecule has 0 amide bonds. The van der Waals surface area contributed by atoms with Gasteiger partial charge in [-0.05, 0) is 37.1 Å². The Hall–Kier alpha value is -0.570. The van der Waals surface area contributed by atoms with E-state index in [0.717, 1.165) is 23.3 Å². The Morgan fingerprint density at radius 1 is 1.50 bits per heavy atom. The highest BCUT2D eigenvalue weighted by Crippen LogP contribution is 2.43.